The first kappa shape index (κ1) is 41.2. The van der Waals surface area contributed by atoms with Gasteiger partial charge in [-0.05, 0) is 97.2 Å². The van der Waals surface area contributed by atoms with Crippen molar-refractivity contribution < 1.29 is 22.4 Å². The van der Waals surface area contributed by atoms with Crippen LogP contribution in [-0.4, -0.2) is 15.0 Å². The van der Waals surface area contributed by atoms with Gasteiger partial charge >= 0.3 is 0 Å². The van der Waals surface area contributed by atoms with E-state index in [1.165, 1.54) is 67.3 Å². The zero-order valence-corrected chi connectivity index (χ0v) is 37.5. The zero-order valence-electron chi connectivity index (χ0n) is 35.3. The number of anilines is 4. The maximum atomic E-state index is 4.68. The number of fused-ring (bicyclic) bond motifs is 5. The average molecular weight is 948 g/mol. The van der Waals surface area contributed by atoms with Crippen LogP contribution in [0, 0.1) is 6.67 Å². The Bertz CT molecular complexity index is 2430. The molecule has 7 heteroatoms. The normalized spacial score (nSPS) is 13.8. The van der Waals surface area contributed by atoms with E-state index in [4.69, 9.17) is 0 Å². The van der Waals surface area contributed by atoms with Crippen molar-refractivity contribution in [2.75, 3.05) is 9.80 Å². The molecule has 6 nitrogen and oxygen atoms in total. The van der Waals surface area contributed by atoms with Crippen LogP contribution in [0.2, 0.25) is 0 Å². The largest absolute Gasteiger partial charge is 0.473 e. The van der Waals surface area contributed by atoms with Gasteiger partial charge in [0.05, 0.1) is 11.9 Å². The van der Waals surface area contributed by atoms with E-state index >= 15 is 0 Å². The molecule has 0 saturated heterocycles. The molecular formula is C51H54AuN6-2. The molecule has 3 heterocycles. The van der Waals surface area contributed by atoms with Gasteiger partial charge in [-0.3, -0.25) is 9.97 Å². The van der Waals surface area contributed by atoms with Crippen molar-refractivity contribution >= 4 is 33.8 Å². The zero-order chi connectivity index (χ0) is 40.2. The fourth-order valence-corrected chi connectivity index (χ4v) is 8.73. The van der Waals surface area contributed by atoms with Gasteiger partial charge in [0.15, 0.2) is 0 Å². The maximum Gasteiger partial charge on any atom is 0.0803 e. The molecule has 0 amide bonds. The first-order valence-electron chi connectivity index (χ1n) is 20.5. The smallest absolute Gasteiger partial charge is 0.0803 e. The van der Waals surface area contributed by atoms with Crippen molar-refractivity contribution in [2.45, 2.75) is 98.3 Å². The summed E-state index contributed by atoms with van der Waals surface area (Å²) in [5, 5.41) is 0. The van der Waals surface area contributed by atoms with Crippen LogP contribution in [0.15, 0.2) is 116 Å². The molecule has 0 bridgehead atoms. The monoisotopic (exact) mass is 947 g/mol. The van der Waals surface area contributed by atoms with Gasteiger partial charge in [0.25, 0.3) is 0 Å². The molecule has 1 aliphatic heterocycles. The molecule has 1 aliphatic carbocycles. The summed E-state index contributed by atoms with van der Waals surface area (Å²) < 4.78 is 0. The summed E-state index contributed by atoms with van der Waals surface area (Å²) in [7, 11) is 0. The fraction of sp³-hybridized carbons (Fsp3) is 0.294. The second kappa shape index (κ2) is 16.3. The average Bonchev–Trinajstić information content (AvgIpc) is 3.87. The first-order chi connectivity index (χ1) is 27.4. The molecule has 5 aromatic carbocycles. The minimum Gasteiger partial charge on any atom is -0.473 e. The van der Waals surface area contributed by atoms with Crippen LogP contribution in [0.25, 0.3) is 33.7 Å². The molecule has 0 fully saturated rings. The Kier molecular flexibility index (Phi) is 11.6. The van der Waals surface area contributed by atoms with E-state index in [9.17, 15) is 0 Å². The van der Waals surface area contributed by atoms with E-state index in [0.29, 0.717) is 35.2 Å². The summed E-state index contributed by atoms with van der Waals surface area (Å²) >= 11 is 0. The number of para-hydroxylation sites is 4. The third-order valence-electron chi connectivity index (χ3n) is 11.7. The van der Waals surface area contributed by atoms with Crippen LogP contribution < -0.4 is 14.8 Å². The van der Waals surface area contributed by atoms with E-state index in [0.717, 1.165) is 11.0 Å². The number of aromatic nitrogens is 4. The van der Waals surface area contributed by atoms with E-state index in [-0.39, 0.29) is 27.8 Å². The molecule has 0 spiro atoms. The predicted molar refractivity (Wildman–Crippen MR) is 238 cm³/mol. The molecule has 58 heavy (non-hydrogen) atoms. The summed E-state index contributed by atoms with van der Waals surface area (Å²) in [5.74, 6) is 2.42. The summed E-state index contributed by atoms with van der Waals surface area (Å²) in [6.45, 7) is 25.3. The molecule has 0 atom stereocenters. The Morgan fingerprint density at radius 3 is 1.60 bits per heavy atom. The van der Waals surface area contributed by atoms with E-state index < -0.39 is 0 Å². The molecule has 2 aromatic heterocycles. The van der Waals surface area contributed by atoms with E-state index in [2.05, 4.69) is 203 Å². The molecule has 0 saturated carbocycles. The molecule has 2 aliphatic rings. The SMILES string of the molecule is CC(C)c1cccc(C(C)C)c1N1[CH-]N(c2c(C(C)C)cccc2C(C)C)c2ccccc21.CC1(C)c2ccccc2-c2cc3nc(-c4cnccn4)[n-]c3cc21.[Au]. The van der Waals surface area contributed by atoms with Crippen molar-refractivity contribution in [3.05, 3.63) is 156 Å². The van der Waals surface area contributed by atoms with Gasteiger partial charge in [0.2, 0.25) is 0 Å². The first-order valence-corrected chi connectivity index (χ1v) is 20.5. The number of rotatable bonds is 7. The summed E-state index contributed by atoms with van der Waals surface area (Å²) in [6, 6.07) is 35.4. The van der Waals surface area contributed by atoms with Gasteiger partial charge < -0.3 is 19.8 Å². The quantitative estimate of drug-likeness (QED) is 0.117. The number of benzene rings is 5. The summed E-state index contributed by atoms with van der Waals surface area (Å²) in [6.07, 6.45) is 5.01. The van der Waals surface area contributed by atoms with Crippen LogP contribution in [0.1, 0.15) is 126 Å². The van der Waals surface area contributed by atoms with Crippen LogP contribution >= 0.6 is 0 Å². The summed E-state index contributed by atoms with van der Waals surface area (Å²) in [4.78, 5) is 22.6. The van der Waals surface area contributed by atoms with Crippen LogP contribution in [0.3, 0.4) is 0 Å². The number of hydrogen-bond acceptors (Lipinski definition) is 5. The Morgan fingerprint density at radius 1 is 0.586 bits per heavy atom. The third-order valence-corrected chi connectivity index (χ3v) is 11.7. The second-order valence-electron chi connectivity index (χ2n) is 17.2. The van der Waals surface area contributed by atoms with Crippen molar-refractivity contribution in [3.8, 4) is 22.6 Å². The predicted octanol–water partition coefficient (Wildman–Crippen LogP) is 13.5. The third kappa shape index (κ3) is 7.20. The topological polar surface area (TPSA) is 59.3 Å². The minimum atomic E-state index is -0.0220. The molecule has 7 aromatic rings. The van der Waals surface area contributed by atoms with Crippen molar-refractivity contribution in [1.82, 2.24) is 19.9 Å². The molecular weight excluding hydrogens is 894 g/mol. The van der Waals surface area contributed by atoms with E-state index in [1.54, 1.807) is 18.6 Å². The summed E-state index contributed by atoms with van der Waals surface area (Å²) in [5.41, 5.74) is 18.5. The Morgan fingerprint density at radius 2 is 1.10 bits per heavy atom. The number of nitrogens with zero attached hydrogens (tertiary/aromatic N) is 6. The van der Waals surface area contributed by atoms with Gasteiger partial charge in [-0.1, -0.05) is 154 Å². The Balaban J connectivity index is 0.000000181. The van der Waals surface area contributed by atoms with Crippen LogP contribution in [-0.2, 0) is 27.8 Å². The van der Waals surface area contributed by atoms with Gasteiger partial charge in [-0.15, -0.1) is 6.67 Å². The molecule has 0 unspecified atom stereocenters. The molecule has 1 radical (unpaired) electrons. The Labute approximate surface area is 360 Å². The Hall–Kier alpha value is -5.01. The number of imidazole rings is 1. The van der Waals surface area contributed by atoms with Gasteiger partial charge in [-0.25, -0.2) is 0 Å². The van der Waals surface area contributed by atoms with Gasteiger partial charge in [-0.2, -0.15) is 0 Å². The minimum absolute atomic E-state index is 0. The van der Waals surface area contributed by atoms with Crippen LogP contribution in [0.5, 0.6) is 0 Å². The second-order valence-corrected chi connectivity index (χ2v) is 17.2. The fourth-order valence-electron chi connectivity index (χ4n) is 8.73. The van der Waals surface area contributed by atoms with Gasteiger partial charge in [0, 0.05) is 62.9 Å². The van der Waals surface area contributed by atoms with Crippen molar-refractivity contribution in [3.63, 3.8) is 0 Å². The van der Waals surface area contributed by atoms with Crippen LogP contribution in [0.4, 0.5) is 22.7 Å². The van der Waals surface area contributed by atoms with Crippen molar-refractivity contribution in [1.29, 1.82) is 0 Å². The number of hydrogen-bond donors (Lipinski definition) is 0. The van der Waals surface area contributed by atoms with Crippen molar-refractivity contribution in [2.24, 2.45) is 0 Å². The van der Waals surface area contributed by atoms with Gasteiger partial charge in [0.1, 0.15) is 0 Å². The molecule has 9 rings (SSSR count). The standard InChI is InChI=1S/C31H39N2.C20H15N4.Au/c1-20(2)24-13-11-14-25(21(3)4)30(24)32-19-33(29-18-10-9-17-28(29)32)31-26(22(5)6)15-12-16-27(31)23(7)8;1-20(2)14-6-4-3-5-12(14)13-9-16-17(10-15(13)20)24-19(23-16)18-11-21-7-8-22-18;/h9-23H,1-8H3;3-11H,1-2H3;/q2*-1;. The molecule has 0 N–H and O–H groups in total. The maximum absolute atomic E-state index is 4.68. The van der Waals surface area contributed by atoms with E-state index in [1.807, 2.05) is 0 Å². The molecule has 301 valence electrons.